The first-order valence-corrected chi connectivity index (χ1v) is 12.4. The Labute approximate surface area is 206 Å². The number of aryl methyl sites for hydroxylation is 1. The number of aromatic nitrogens is 2. The first kappa shape index (κ1) is 23.8. The van der Waals surface area contributed by atoms with E-state index in [1.807, 2.05) is 6.92 Å². The summed E-state index contributed by atoms with van der Waals surface area (Å²) in [6, 6.07) is 8.34. The van der Waals surface area contributed by atoms with E-state index in [4.69, 9.17) is 10.1 Å². The molecule has 3 heterocycles. The second-order valence-corrected chi connectivity index (χ2v) is 9.25. The third-order valence-corrected chi connectivity index (χ3v) is 7.12. The van der Waals surface area contributed by atoms with E-state index >= 15 is 0 Å². The Hall–Kier alpha value is -2.95. The maximum Gasteiger partial charge on any atom is 0.165 e. The molecule has 1 fully saturated rings. The number of nitrogens with zero attached hydrogens (tertiary/aromatic N) is 2. The van der Waals surface area contributed by atoms with Crippen molar-refractivity contribution in [3.05, 3.63) is 64.5 Å². The number of fused-ring (bicyclic) bond motifs is 1. The first-order valence-electron chi connectivity index (χ1n) is 11.7. The number of ether oxygens (including phenoxy) is 1. The van der Waals surface area contributed by atoms with Crippen LogP contribution in [0, 0.1) is 11.2 Å². The Morgan fingerprint density at radius 2 is 2.09 bits per heavy atom. The molecule has 184 valence electrons. The van der Waals surface area contributed by atoms with Crippen LogP contribution in [-0.4, -0.2) is 44.9 Å². The van der Waals surface area contributed by atoms with E-state index in [1.54, 1.807) is 18.2 Å². The Kier molecular flexibility index (Phi) is 6.77. The highest BCUT2D eigenvalue weighted by atomic mass is 32.2. The zero-order chi connectivity index (χ0) is 24.5. The molecule has 35 heavy (non-hydrogen) atoms. The number of phenols is 1. The molecule has 0 atom stereocenters. The number of halogens is 2. The number of hydrogen-bond acceptors (Lipinski definition) is 7. The predicted molar refractivity (Wildman–Crippen MR) is 133 cm³/mol. The lowest BCUT2D eigenvalue weighted by Crippen LogP contribution is -2.36. The summed E-state index contributed by atoms with van der Waals surface area (Å²) in [6.07, 6.45) is 2.62. The average Bonchev–Trinajstić information content (AvgIpc) is 3.45. The molecule has 2 aromatic carbocycles. The molecular formula is C25H27F2N5O2S. The Morgan fingerprint density at radius 3 is 2.80 bits per heavy atom. The van der Waals surface area contributed by atoms with Gasteiger partial charge in [-0.1, -0.05) is 13.0 Å². The van der Waals surface area contributed by atoms with Crippen LogP contribution in [0.2, 0.25) is 0 Å². The van der Waals surface area contributed by atoms with Crippen molar-refractivity contribution in [2.75, 3.05) is 17.9 Å². The molecule has 0 spiro atoms. The minimum atomic E-state index is -0.719. The van der Waals surface area contributed by atoms with Crippen molar-refractivity contribution in [2.24, 2.45) is 0 Å². The topological polar surface area (TPSA) is 97.3 Å². The van der Waals surface area contributed by atoms with Gasteiger partial charge < -0.3 is 19.5 Å². The van der Waals surface area contributed by atoms with Crippen molar-refractivity contribution in [3.8, 4) is 16.9 Å². The molecule has 2 aliphatic heterocycles. The van der Waals surface area contributed by atoms with Crippen molar-refractivity contribution < 1.29 is 18.1 Å². The minimum Gasteiger partial charge on any atom is -0.505 e. The third-order valence-electron chi connectivity index (χ3n) is 6.82. The molecule has 0 saturated carbocycles. The zero-order valence-electron chi connectivity index (χ0n) is 19.3. The van der Waals surface area contributed by atoms with Gasteiger partial charge in [0.15, 0.2) is 29.7 Å². The summed E-state index contributed by atoms with van der Waals surface area (Å²) in [6.45, 7) is 4.98. The van der Waals surface area contributed by atoms with E-state index in [2.05, 4.69) is 19.6 Å². The number of aromatic amines is 1. The zero-order valence-corrected chi connectivity index (χ0v) is 20.1. The number of hydrogen-bond donors (Lipinski definition) is 4. The van der Waals surface area contributed by atoms with Gasteiger partial charge in [0.1, 0.15) is 5.71 Å². The molecular weight excluding hydrogens is 472 g/mol. The van der Waals surface area contributed by atoms with Crippen LogP contribution < -0.4 is 4.72 Å². The molecule has 3 aromatic rings. The number of anilines is 1. The molecule has 0 unspecified atom stereocenters. The maximum absolute atomic E-state index is 14.1. The lowest BCUT2D eigenvalue weighted by atomic mass is 9.95. The molecule has 1 saturated heterocycles. The Bertz CT molecular complexity index is 1240. The van der Waals surface area contributed by atoms with Gasteiger partial charge in [0.2, 0.25) is 0 Å². The highest BCUT2D eigenvalue weighted by molar-refractivity contribution is 7.95. The van der Waals surface area contributed by atoms with Crippen molar-refractivity contribution in [3.63, 3.8) is 0 Å². The normalized spacial score (nSPS) is 16.4. The second-order valence-electron chi connectivity index (χ2n) is 8.89. The summed E-state index contributed by atoms with van der Waals surface area (Å²) in [7, 11) is 0. The van der Waals surface area contributed by atoms with Gasteiger partial charge in [0.05, 0.1) is 17.1 Å². The highest BCUT2D eigenvalue weighted by Crippen LogP contribution is 2.34. The van der Waals surface area contributed by atoms with Crippen LogP contribution in [0.3, 0.4) is 0 Å². The molecule has 2 aliphatic rings. The average molecular weight is 500 g/mol. The van der Waals surface area contributed by atoms with Crippen molar-refractivity contribution in [1.82, 2.24) is 14.9 Å². The van der Waals surface area contributed by atoms with Gasteiger partial charge in [-0.15, -0.1) is 3.89 Å². The molecule has 0 radical (unpaired) electrons. The predicted octanol–water partition coefficient (Wildman–Crippen LogP) is 5.34. The quantitative estimate of drug-likeness (QED) is 0.259. The molecule has 7 nitrogen and oxygen atoms in total. The van der Waals surface area contributed by atoms with Crippen LogP contribution in [0.1, 0.15) is 48.1 Å². The SMILES string of the molecule is CCc1cc(O)c(F)cc1-c1ccc(C(=N)c2nc3c([nH]2)CN(C2CCOCC2)C3)c(NSF)c1. The van der Waals surface area contributed by atoms with Gasteiger partial charge in [0.25, 0.3) is 0 Å². The molecule has 10 heteroatoms. The number of phenolic OH excluding ortho intramolecular Hbond substituents is 1. The second kappa shape index (κ2) is 9.96. The fourth-order valence-electron chi connectivity index (χ4n) is 4.93. The molecule has 0 bridgehead atoms. The van der Waals surface area contributed by atoms with E-state index in [-0.39, 0.29) is 18.0 Å². The van der Waals surface area contributed by atoms with E-state index in [0.717, 1.165) is 56.1 Å². The van der Waals surface area contributed by atoms with Crippen molar-refractivity contribution in [2.45, 2.75) is 45.3 Å². The number of H-pyrrole nitrogens is 1. The molecule has 0 amide bonds. The first-order chi connectivity index (χ1) is 17.0. The smallest absolute Gasteiger partial charge is 0.165 e. The fourth-order valence-corrected chi connectivity index (χ4v) is 5.19. The number of aromatic hydroxyl groups is 1. The largest absolute Gasteiger partial charge is 0.505 e. The molecule has 4 N–H and O–H groups in total. The van der Waals surface area contributed by atoms with Gasteiger partial charge >= 0.3 is 0 Å². The monoisotopic (exact) mass is 499 g/mol. The summed E-state index contributed by atoms with van der Waals surface area (Å²) in [5.74, 6) is -0.683. The minimum absolute atomic E-state index is 0.0672. The summed E-state index contributed by atoms with van der Waals surface area (Å²) >= 11 is -0.0672. The molecule has 1 aromatic heterocycles. The van der Waals surface area contributed by atoms with Crippen LogP contribution in [0.25, 0.3) is 11.1 Å². The molecule has 5 rings (SSSR count). The van der Waals surface area contributed by atoms with E-state index in [0.29, 0.717) is 40.7 Å². The number of imidazole rings is 1. The van der Waals surface area contributed by atoms with Gasteiger partial charge in [0, 0.05) is 37.9 Å². The van der Waals surface area contributed by atoms with Gasteiger partial charge in [-0.3, -0.25) is 10.3 Å². The lowest BCUT2D eigenvalue weighted by Gasteiger charge is -2.30. The van der Waals surface area contributed by atoms with Crippen LogP contribution in [0.5, 0.6) is 5.75 Å². The van der Waals surface area contributed by atoms with Crippen molar-refractivity contribution in [1.29, 1.82) is 5.41 Å². The van der Waals surface area contributed by atoms with E-state index in [9.17, 15) is 13.4 Å². The lowest BCUT2D eigenvalue weighted by molar-refractivity contribution is 0.0320. The van der Waals surface area contributed by atoms with Crippen molar-refractivity contribution >= 4 is 23.7 Å². The van der Waals surface area contributed by atoms with Gasteiger partial charge in [-0.05, 0) is 60.2 Å². The Morgan fingerprint density at radius 1 is 1.29 bits per heavy atom. The highest BCUT2D eigenvalue weighted by Gasteiger charge is 2.30. The van der Waals surface area contributed by atoms with E-state index in [1.165, 1.54) is 12.1 Å². The Balaban J connectivity index is 1.41. The number of rotatable bonds is 7. The summed E-state index contributed by atoms with van der Waals surface area (Å²) in [5.41, 5.74) is 4.99. The van der Waals surface area contributed by atoms with Crippen LogP contribution >= 0.6 is 12.3 Å². The standard InChI is InChI=1S/C25H27F2N5O2S/c1-2-14-10-23(33)19(26)11-18(14)15-3-4-17(20(9-15)31-35-27)24(28)25-29-21-12-32(13-22(21)30-25)16-5-7-34-8-6-16/h3-4,9-11,16,28,31,33H,2,5-8,12-13H2,1H3,(H,29,30). The molecule has 0 aliphatic carbocycles. The fraction of sp³-hybridized carbons (Fsp3) is 0.360. The number of benzene rings is 2. The summed E-state index contributed by atoms with van der Waals surface area (Å²) < 4.78 is 35.4. The van der Waals surface area contributed by atoms with Crippen LogP contribution in [0.15, 0.2) is 30.3 Å². The summed E-state index contributed by atoms with van der Waals surface area (Å²) in [5, 5.41) is 18.5. The van der Waals surface area contributed by atoms with E-state index < -0.39 is 11.6 Å². The third kappa shape index (κ3) is 4.65. The number of nitrogens with one attached hydrogen (secondary N) is 3. The van der Waals surface area contributed by atoms with Crippen LogP contribution in [0.4, 0.5) is 14.0 Å². The van der Waals surface area contributed by atoms with Gasteiger partial charge in [-0.25, -0.2) is 9.37 Å². The van der Waals surface area contributed by atoms with Gasteiger partial charge in [-0.2, -0.15) is 0 Å². The summed E-state index contributed by atoms with van der Waals surface area (Å²) in [4.78, 5) is 10.4. The maximum atomic E-state index is 14.1. The van der Waals surface area contributed by atoms with Crippen LogP contribution in [-0.2, 0) is 24.2 Å².